The minimum absolute atomic E-state index is 0.0631. The summed E-state index contributed by atoms with van der Waals surface area (Å²) in [5, 5.41) is 5.13. The van der Waals surface area contributed by atoms with E-state index in [4.69, 9.17) is 4.74 Å². The molecule has 0 bridgehead atoms. The van der Waals surface area contributed by atoms with E-state index in [2.05, 4.69) is 10.6 Å². The fourth-order valence-electron chi connectivity index (χ4n) is 3.87. The number of nitrogens with zero attached hydrogens (tertiary/aromatic N) is 1. The van der Waals surface area contributed by atoms with E-state index in [1.807, 2.05) is 0 Å². The second-order valence-electron chi connectivity index (χ2n) is 7.98. The van der Waals surface area contributed by atoms with Crippen molar-refractivity contribution >= 4 is 29.5 Å². The summed E-state index contributed by atoms with van der Waals surface area (Å²) in [6, 6.07) is 3.40. The van der Waals surface area contributed by atoms with Gasteiger partial charge < -0.3 is 15.4 Å². The number of halogens is 3. The van der Waals surface area contributed by atoms with Crippen LogP contribution >= 0.6 is 0 Å². The molecule has 3 rings (SSSR count). The second-order valence-corrected chi connectivity index (χ2v) is 7.98. The first kappa shape index (κ1) is 23.6. The second kappa shape index (κ2) is 9.17. The van der Waals surface area contributed by atoms with Gasteiger partial charge in [0.25, 0.3) is 11.8 Å². The van der Waals surface area contributed by atoms with Crippen molar-refractivity contribution in [2.75, 3.05) is 11.9 Å². The Hall–Kier alpha value is -3.11. The van der Waals surface area contributed by atoms with E-state index in [1.165, 1.54) is 6.92 Å². The maximum atomic E-state index is 12.6. The van der Waals surface area contributed by atoms with Gasteiger partial charge in [-0.1, -0.05) is 12.8 Å². The van der Waals surface area contributed by atoms with Crippen LogP contribution in [-0.4, -0.2) is 46.9 Å². The minimum atomic E-state index is -4.48. The normalized spacial score (nSPS) is 18.6. The van der Waals surface area contributed by atoms with E-state index in [0.717, 1.165) is 42.0 Å². The molecule has 1 aliphatic carbocycles. The highest BCUT2D eigenvalue weighted by atomic mass is 19.4. The summed E-state index contributed by atoms with van der Waals surface area (Å²) in [6.07, 6.45) is -2.61. The molecule has 1 spiro atoms. The van der Waals surface area contributed by atoms with Crippen LogP contribution in [0.4, 0.5) is 23.7 Å². The van der Waals surface area contributed by atoms with E-state index in [9.17, 15) is 32.3 Å². The number of carbonyl (C=O) groups is 4. The molecule has 0 radical (unpaired) electrons. The SMILES string of the molecule is C[C@H](OC(=O)CCCN1C(=O)NC2(CCCC2)C1=O)C(=O)Nc1ccc(C(F)(F)F)cc1. The summed E-state index contributed by atoms with van der Waals surface area (Å²) in [5.41, 5.74) is -1.52. The molecule has 2 N–H and O–H groups in total. The average molecular weight is 455 g/mol. The van der Waals surface area contributed by atoms with Gasteiger partial charge in [-0.3, -0.25) is 19.3 Å². The number of benzene rings is 1. The molecule has 0 aromatic heterocycles. The van der Waals surface area contributed by atoms with Crippen molar-refractivity contribution in [2.45, 2.75) is 63.3 Å². The van der Waals surface area contributed by atoms with Crippen LogP contribution in [0.25, 0.3) is 0 Å². The Balaban J connectivity index is 1.42. The van der Waals surface area contributed by atoms with Crippen molar-refractivity contribution in [3.63, 3.8) is 0 Å². The zero-order valence-corrected chi connectivity index (χ0v) is 17.5. The van der Waals surface area contributed by atoms with Gasteiger partial charge in [-0.2, -0.15) is 13.2 Å². The Morgan fingerprint density at radius 1 is 1.19 bits per heavy atom. The predicted molar refractivity (Wildman–Crippen MR) is 106 cm³/mol. The Kier molecular flexibility index (Phi) is 6.75. The highest BCUT2D eigenvalue weighted by molar-refractivity contribution is 6.07. The number of amides is 4. The Labute approximate surface area is 182 Å². The number of hydrogen-bond acceptors (Lipinski definition) is 5. The summed E-state index contributed by atoms with van der Waals surface area (Å²) in [5.74, 6) is -1.66. The number of hydrogen-bond donors (Lipinski definition) is 2. The smallest absolute Gasteiger partial charge is 0.416 e. The van der Waals surface area contributed by atoms with Crippen LogP contribution in [0, 0.1) is 0 Å². The quantitative estimate of drug-likeness (QED) is 0.485. The molecule has 1 heterocycles. The first-order valence-corrected chi connectivity index (χ1v) is 10.3. The zero-order valence-electron chi connectivity index (χ0n) is 17.5. The number of carbonyl (C=O) groups excluding carboxylic acids is 4. The first-order valence-electron chi connectivity index (χ1n) is 10.3. The van der Waals surface area contributed by atoms with E-state index in [0.29, 0.717) is 12.8 Å². The van der Waals surface area contributed by atoms with Gasteiger partial charge in [0.2, 0.25) is 0 Å². The van der Waals surface area contributed by atoms with Crippen molar-refractivity contribution in [2.24, 2.45) is 0 Å². The van der Waals surface area contributed by atoms with Crippen LogP contribution in [0.5, 0.6) is 0 Å². The molecule has 1 atom stereocenters. The summed E-state index contributed by atoms with van der Waals surface area (Å²) in [6.45, 7) is 1.40. The fraction of sp³-hybridized carbons (Fsp3) is 0.524. The summed E-state index contributed by atoms with van der Waals surface area (Å²) >= 11 is 0. The molecular weight excluding hydrogens is 431 g/mol. The van der Waals surface area contributed by atoms with Crippen LogP contribution in [0.15, 0.2) is 24.3 Å². The third-order valence-electron chi connectivity index (χ3n) is 5.62. The highest BCUT2D eigenvalue weighted by Gasteiger charge is 2.52. The summed E-state index contributed by atoms with van der Waals surface area (Å²) in [4.78, 5) is 49.9. The molecule has 32 heavy (non-hydrogen) atoms. The van der Waals surface area contributed by atoms with Crippen LogP contribution in [0.3, 0.4) is 0 Å². The lowest BCUT2D eigenvalue weighted by Crippen LogP contribution is -2.44. The Morgan fingerprint density at radius 3 is 2.41 bits per heavy atom. The van der Waals surface area contributed by atoms with Gasteiger partial charge in [0.05, 0.1) is 5.56 Å². The predicted octanol–water partition coefficient (Wildman–Crippen LogP) is 3.22. The Morgan fingerprint density at radius 2 is 1.81 bits per heavy atom. The van der Waals surface area contributed by atoms with Gasteiger partial charge >= 0.3 is 18.2 Å². The first-order chi connectivity index (χ1) is 15.0. The maximum absolute atomic E-state index is 12.6. The van der Waals surface area contributed by atoms with Crippen LogP contribution in [0.2, 0.25) is 0 Å². The lowest BCUT2D eigenvalue weighted by atomic mass is 9.98. The molecule has 1 aromatic carbocycles. The fourth-order valence-corrected chi connectivity index (χ4v) is 3.87. The molecule has 1 saturated carbocycles. The molecule has 2 aliphatic rings. The molecule has 8 nitrogen and oxygen atoms in total. The highest BCUT2D eigenvalue weighted by Crippen LogP contribution is 2.35. The van der Waals surface area contributed by atoms with E-state index >= 15 is 0 Å². The van der Waals surface area contributed by atoms with E-state index in [-0.39, 0.29) is 31.0 Å². The van der Waals surface area contributed by atoms with Gasteiger partial charge in [-0.05, 0) is 50.5 Å². The molecule has 1 aromatic rings. The number of nitrogens with one attached hydrogen (secondary N) is 2. The average Bonchev–Trinajstić information content (AvgIpc) is 3.28. The lowest BCUT2D eigenvalue weighted by Gasteiger charge is -2.20. The van der Waals surface area contributed by atoms with Gasteiger partial charge in [-0.15, -0.1) is 0 Å². The van der Waals surface area contributed by atoms with E-state index in [1.54, 1.807) is 0 Å². The van der Waals surface area contributed by atoms with E-state index < -0.39 is 41.3 Å². The van der Waals surface area contributed by atoms with Crippen molar-refractivity contribution in [1.82, 2.24) is 10.2 Å². The summed E-state index contributed by atoms with van der Waals surface area (Å²) in [7, 11) is 0. The largest absolute Gasteiger partial charge is 0.453 e. The lowest BCUT2D eigenvalue weighted by molar-refractivity contribution is -0.153. The molecule has 4 amide bonds. The third-order valence-corrected chi connectivity index (χ3v) is 5.62. The monoisotopic (exact) mass is 455 g/mol. The molecule has 1 aliphatic heterocycles. The topological polar surface area (TPSA) is 105 Å². The number of imide groups is 1. The van der Waals surface area contributed by atoms with Crippen molar-refractivity contribution in [3.05, 3.63) is 29.8 Å². The van der Waals surface area contributed by atoms with Crippen LogP contribution < -0.4 is 10.6 Å². The number of rotatable bonds is 7. The minimum Gasteiger partial charge on any atom is -0.453 e. The van der Waals surface area contributed by atoms with Crippen LogP contribution in [-0.2, 0) is 25.3 Å². The number of alkyl halides is 3. The number of esters is 1. The van der Waals surface area contributed by atoms with Crippen molar-refractivity contribution in [1.29, 1.82) is 0 Å². The van der Waals surface area contributed by atoms with Gasteiger partial charge in [0, 0.05) is 18.7 Å². The zero-order chi connectivity index (χ0) is 23.5. The number of urea groups is 1. The number of ether oxygens (including phenoxy) is 1. The standard InChI is InChI=1S/C21H24F3N3O5/c1-13(17(29)25-15-8-6-14(7-9-15)21(22,23)24)32-16(28)5-4-12-27-18(30)20(26-19(27)31)10-2-3-11-20/h6-9,13H,2-5,10-12H2,1H3,(H,25,29)(H,26,31)/t13-/m0/s1. The van der Waals surface area contributed by atoms with Crippen molar-refractivity contribution in [3.8, 4) is 0 Å². The molecule has 174 valence electrons. The molecule has 1 saturated heterocycles. The molecular formula is C21H24F3N3O5. The van der Waals surface area contributed by atoms with Gasteiger partial charge in [-0.25, -0.2) is 4.79 Å². The third kappa shape index (κ3) is 5.20. The van der Waals surface area contributed by atoms with Crippen LogP contribution in [0.1, 0.15) is 51.0 Å². The van der Waals surface area contributed by atoms with Gasteiger partial charge in [0.1, 0.15) is 5.54 Å². The number of anilines is 1. The maximum Gasteiger partial charge on any atom is 0.416 e. The summed E-state index contributed by atoms with van der Waals surface area (Å²) < 4.78 is 42.8. The molecule has 2 fully saturated rings. The van der Waals surface area contributed by atoms with Gasteiger partial charge in [0.15, 0.2) is 6.10 Å². The molecule has 11 heteroatoms. The Bertz CT molecular complexity index is 895. The van der Waals surface area contributed by atoms with Crippen molar-refractivity contribution < 1.29 is 37.1 Å². The molecule has 0 unspecified atom stereocenters.